The SMILES string of the molecule is Cl.Cn1cc(-c2cc3nccnc3c(NC[C@@]3(F)CCCNC3)n2)cn1. The van der Waals surface area contributed by atoms with Crippen molar-refractivity contribution < 1.29 is 4.39 Å². The Morgan fingerprint density at radius 2 is 2.19 bits per heavy atom. The van der Waals surface area contributed by atoms with E-state index in [0.717, 1.165) is 24.2 Å². The van der Waals surface area contributed by atoms with Gasteiger partial charge in [-0.2, -0.15) is 5.10 Å². The molecule has 7 nitrogen and oxygen atoms in total. The van der Waals surface area contributed by atoms with Gasteiger partial charge in [-0.05, 0) is 25.5 Å². The average molecular weight is 378 g/mol. The summed E-state index contributed by atoms with van der Waals surface area (Å²) in [6.45, 7) is 1.41. The number of hydrogen-bond donors (Lipinski definition) is 2. The van der Waals surface area contributed by atoms with E-state index in [1.54, 1.807) is 23.3 Å². The van der Waals surface area contributed by atoms with Gasteiger partial charge in [-0.15, -0.1) is 12.4 Å². The lowest BCUT2D eigenvalue weighted by molar-refractivity contribution is 0.137. The molecule has 3 aromatic heterocycles. The van der Waals surface area contributed by atoms with Crippen molar-refractivity contribution in [1.29, 1.82) is 0 Å². The van der Waals surface area contributed by atoms with E-state index in [0.29, 0.717) is 29.8 Å². The van der Waals surface area contributed by atoms with Crippen molar-refractivity contribution in [2.45, 2.75) is 18.5 Å². The van der Waals surface area contributed by atoms with Crippen LogP contribution in [-0.4, -0.2) is 50.0 Å². The van der Waals surface area contributed by atoms with E-state index in [1.807, 2.05) is 19.3 Å². The number of nitrogens with one attached hydrogen (secondary N) is 2. The topological polar surface area (TPSA) is 80.5 Å². The molecule has 0 unspecified atom stereocenters. The Morgan fingerprint density at radius 1 is 1.35 bits per heavy atom. The molecule has 1 saturated heterocycles. The number of hydrogen-bond acceptors (Lipinski definition) is 6. The smallest absolute Gasteiger partial charge is 0.155 e. The molecule has 1 aliphatic heterocycles. The fraction of sp³-hybridized carbons (Fsp3) is 0.412. The van der Waals surface area contributed by atoms with Gasteiger partial charge in [-0.1, -0.05) is 0 Å². The molecule has 1 atom stereocenters. The Balaban J connectivity index is 0.00000196. The van der Waals surface area contributed by atoms with Crippen molar-refractivity contribution in [3.05, 3.63) is 30.9 Å². The maximum Gasteiger partial charge on any atom is 0.155 e. The molecule has 2 N–H and O–H groups in total. The maximum atomic E-state index is 14.9. The number of alkyl halides is 1. The third kappa shape index (κ3) is 3.76. The normalized spacial score (nSPS) is 19.9. The Morgan fingerprint density at radius 3 is 2.92 bits per heavy atom. The second kappa shape index (κ2) is 7.51. The highest BCUT2D eigenvalue weighted by Gasteiger charge is 2.31. The van der Waals surface area contributed by atoms with Crippen LogP contribution >= 0.6 is 12.4 Å². The summed E-state index contributed by atoms with van der Waals surface area (Å²) in [5.74, 6) is 0.548. The molecule has 3 aromatic rings. The van der Waals surface area contributed by atoms with Gasteiger partial charge < -0.3 is 10.6 Å². The molecule has 26 heavy (non-hydrogen) atoms. The molecule has 0 spiro atoms. The summed E-state index contributed by atoms with van der Waals surface area (Å²) in [7, 11) is 1.85. The Hall–Kier alpha value is -2.32. The summed E-state index contributed by atoms with van der Waals surface area (Å²) in [5, 5.41) is 10.5. The molecule has 1 aliphatic rings. The first kappa shape index (κ1) is 18.5. The van der Waals surface area contributed by atoms with Crippen molar-refractivity contribution in [3.8, 4) is 11.3 Å². The minimum atomic E-state index is -1.28. The zero-order chi connectivity index (χ0) is 17.3. The summed E-state index contributed by atoms with van der Waals surface area (Å²) in [6.07, 6.45) is 8.26. The van der Waals surface area contributed by atoms with E-state index in [1.165, 1.54) is 0 Å². The minimum Gasteiger partial charge on any atom is -0.365 e. The minimum absolute atomic E-state index is 0. The first-order chi connectivity index (χ1) is 12.1. The molecule has 0 amide bonds. The average Bonchev–Trinajstić information content (AvgIpc) is 3.07. The highest BCUT2D eigenvalue weighted by atomic mass is 35.5. The number of piperidine rings is 1. The number of rotatable bonds is 4. The Kier molecular flexibility index (Phi) is 5.33. The lowest BCUT2D eigenvalue weighted by Crippen LogP contribution is -2.46. The van der Waals surface area contributed by atoms with Crippen LogP contribution < -0.4 is 10.6 Å². The van der Waals surface area contributed by atoms with Crippen LogP contribution in [0.2, 0.25) is 0 Å². The van der Waals surface area contributed by atoms with Gasteiger partial charge in [0, 0.05) is 37.7 Å². The summed E-state index contributed by atoms with van der Waals surface area (Å²) in [5.41, 5.74) is 1.69. The molecule has 1 fully saturated rings. The summed E-state index contributed by atoms with van der Waals surface area (Å²) in [4.78, 5) is 13.4. The molecule has 4 rings (SSSR count). The van der Waals surface area contributed by atoms with Crippen LogP contribution in [0.4, 0.5) is 10.2 Å². The number of pyridine rings is 1. The van der Waals surface area contributed by atoms with Gasteiger partial charge in [0.2, 0.25) is 0 Å². The molecule has 4 heterocycles. The van der Waals surface area contributed by atoms with Crippen molar-refractivity contribution in [2.24, 2.45) is 7.05 Å². The highest BCUT2D eigenvalue weighted by molar-refractivity contribution is 5.88. The number of aromatic nitrogens is 5. The quantitative estimate of drug-likeness (QED) is 0.726. The van der Waals surface area contributed by atoms with E-state index in [2.05, 4.69) is 30.7 Å². The fourth-order valence-corrected chi connectivity index (χ4v) is 3.12. The summed E-state index contributed by atoms with van der Waals surface area (Å²) in [6, 6.07) is 1.87. The molecule has 0 aliphatic carbocycles. The van der Waals surface area contributed by atoms with Crippen LogP contribution in [0.3, 0.4) is 0 Å². The number of nitrogens with zero attached hydrogens (tertiary/aromatic N) is 5. The van der Waals surface area contributed by atoms with Crippen molar-refractivity contribution in [2.75, 3.05) is 25.0 Å². The van der Waals surface area contributed by atoms with Gasteiger partial charge in [-0.25, -0.2) is 14.4 Å². The zero-order valence-electron chi connectivity index (χ0n) is 14.4. The predicted octanol–water partition coefficient (Wildman–Crippen LogP) is 2.35. The van der Waals surface area contributed by atoms with Gasteiger partial charge in [0.25, 0.3) is 0 Å². The van der Waals surface area contributed by atoms with E-state index < -0.39 is 5.67 Å². The van der Waals surface area contributed by atoms with Gasteiger partial charge in [-0.3, -0.25) is 9.67 Å². The molecular formula is C17H21ClFN7. The number of anilines is 1. The summed E-state index contributed by atoms with van der Waals surface area (Å²) < 4.78 is 16.6. The lowest BCUT2D eigenvalue weighted by Gasteiger charge is -2.30. The van der Waals surface area contributed by atoms with Crippen LogP contribution in [0.15, 0.2) is 30.9 Å². The fourth-order valence-electron chi connectivity index (χ4n) is 3.12. The third-order valence-electron chi connectivity index (χ3n) is 4.45. The first-order valence-electron chi connectivity index (χ1n) is 8.37. The van der Waals surface area contributed by atoms with Gasteiger partial charge >= 0.3 is 0 Å². The number of fused-ring (bicyclic) bond motifs is 1. The number of halogens is 2. The molecule has 9 heteroatoms. The van der Waals surface area contributed by atoms with Crippen LogP contribution in [-0.2, 0) is 7.05 Å². The second-order valence-corrected chi connectivity index (χ2v) is 6.47. The van der Waals surface area contributed by atoms with Crippen LogP contribution in [0.5, 0.6) is 0 Å². The predicted molar refractivity (Wildman–Crippen MR) is 101 cm³/mol. The lowest BCUT2D eigenvalue weighted by atomic mass is 9.96. The van der Waals surface area contributed by atoms with Gasteiger partial charge in [0.1, 0.15) is 11.2 Å². The molecule has 0 radical (unpaired) electrons. The molecule has 0 bridgehead atoms. The standard InChI is InChI=1S/C17H20FN7.ClH/c1-25-9-12(8-23-25)13-7-14-15(21-6-5-20-14)16(24-13)22-11-17(18)3-2-4-19-10-17;/h5-9,19H,2-4,10-11H2,1H3,(H,22,24);1H/t17-;/m1./s1. The van der Waals surface area contributed by atoms with E-state index in [-0.39, 0.29) is 19.0 Å². The molecule has 0 aromatic carbocycles. The summed E-state index contributed by atoms with van der Waals surface area (Å²) >= 11 is 0. The van der Waals surface area contributed by atoms with E-state index >= 15 is 0 Å². The van der Waals surface area contributed by atoms with Crippen LogP contribution in [0.1, 0.15) is 12.8 Å². The Bertz CT molecular complexity index is 892. The zero-order valence-corrected chi connectivity index (χ0v) is 15.3. The monoisotopic (exact) mass is 377 g/mol. The Labute approximate surface area is 156 Å². The maximum absolute atomic E-state index is 14.9. The van der Waals surface area contributed by atoms with Crippen LogP contribution in [0, 0.1) is 0 Å². The highest BCUT2D eigenvalue weighted by Crippen LogP contribution is 2.27. The largest absolute Gasteiger partial charge is 0.365 e. The number of aryl methyl sites for hydroxylation is 1. The first-order valence-corrected chi connectivity index (χ1v) is 8.37. The van der Waals surface area contributed by atoms with Gasteiger partial charge in [0.05, 0.1) is 24.0 Å². The second-order valence-electron chi connectivity index (χ2n) is 6.47. The van der Waals surface area contributed by atoms with Crippen molar-refractivity contribution >= 4 is 29.3 Å². The van der Waals surface area contributed by atoms with Crippen molar-refractivity contribution in [1.82, 2.24) is 30.0 Å². The van der Waals surface area contributed by atoms with E-state index in [9.17, 15) is 4.39 Å². The van der Waals surface area contributed by atoms with Crippen LogP contribution in [0.25, 0.3) is 22.3 Å². The molecule has 0 saturated carbocycles. The van der Waals surface area contributed by atoms with E-state index in [4.69, 9.17) is 0 Å². The van der Waals surface area contributed by atoms with Crippen molar-refractivity contribution in [3.63, 3.8) is 0 Å². The third-order valence-corrected chi connectivity index (χ3v) is 4.45. The molecule has 138 valence electrons. The van der Waals surface area contributed by atoms with Gasteiger partial charge in [0.15, 0.2) is 5.82 Å². The molecular weight excluding hydrogens is 357 g/mol.